The summed E-state index contributed by atoms with van der Waals surface area (Å²) in [5.41, 5.74) is 3.57. The molecule has 4 aromatic rings. The Bertz CT molecular complexity index is 1280. The van der Waals surface area contributed by atoms with Crippen LogP contribution in [0.15, 0.2) is 67.0 Å². The molecule has 2 heterocycles. The van der Waals surface area contributed by atoms with Crippen LogP contribution in [0.25, 0.3) is 27.9 Å². The highest BCUT2D eigenvalue weighted by Crippen LogP contribution is 2.32. The largest absolute Gasteiger partial charge is 0.344 e. The highest BCUT2D eigenvalue weighted by atomic mass is 35.5. The van der Waals surface area contributed by atoms with Gasteiger partial charge in [-0.2, -0.15) is 0 Å². The van der Waals surface area contributed by atoms with E-state index in [0.29, 0.717) is 16.8 Å². The number of hydrogen-bond acceptors (Lipinski definition) is 2. The molecule has 0 saturated heterocycles. The normalized spacial score (nSPS) is 15.1. The number of anilines is 1. The van der Waals surface area contributed by atoms with Gasteiger partial charge < -0.3 is 9.88 Å². The Morgan fingerprint density at radius 1 is 1.10 bits per heavy atom. The SMILES string of the molecule is O=C(C=Cc1ccc2c(ccn2C2CCCCC2)c1)Nc1cnc2ccccc2c1Cl. The van der Waals surface area contributed by atoms with Crippen LogP contribution in [0.1, 0.15) is 43.7 Å². The highest BCUT2D eigenvalue weighted by Gasteiger charge is 2.16. The van der Waals surface area contributed by atoms with Crippen molar-refractivity contribution in [1.82, 2.24) is 9.55 Å². The molecule has 0 aliphatic heterocycles. The van der Waals surface area contributed by atoms with Crippen LogP contribution in [-0.4, -0.2) is 15.5 Å². The summed E-state index contributed by atoms with van der Waals surface area (Å²) in [6, 6.07) is 16.7. The van der Waals surface area contributed by atoms with Gasteiger partial charge >= 0.3 is 0 Å². The zero-order chi connectivity index (χ0) is 21.2. The zero-order valence-corrected chi connectivity index (χ0v) is 18.0. The van der Waals surface area contributed by atoms with Crippen molar-refractivity contribution in [2.75, 3.05) is 5.32 Å². The third-order valence-electron chi connectivity index (χ3n) is 6.11. The second-order valence-electron chi connectivity index (χ2n) is 8.16. The topological polar surface area (TPSA) is 46.9 Å². The first-order chi connectivity index (χ1) is 15.2. The number of para-hydroxylation sites is 1. The number of pyridine rings is 1. The number of amides is 1. The van der Waals surface area contributed by atoms with Crippen LogP contribution in [0.3, 0.4) is 0 Å². The fraction of sp³-hybridized carbons (Fsp3) is 0.231. The molecule has 0 spiro atoms. The molecule has 0 atom stereocenters. The van der Waals surface area contributed by atoms with Gasteiger partial charge in [-0.3, -0.25) is 9.78 Å². The summed E-state index contributed by atoms with van der Waals surface area (Å²) in [6.07, 6.45) is 13.7. The molecule has 1 aliphatic carbocycles. The van der Waals surface area contributed by atoms with Gasteiger partial charge in [0.25, 0.3) is 0 Å². The number of carbonyl (C=O) groups excluding carboxylic acids is 1. The van der Waals surface area contributed by atoms with Gasteiger partial charge in [0.2, 0.25) is 5.91 Å². The molecule has 0 unspecified atom stereocenters. The van der Waals surface area contributed by atoms with Crippen LogP contribution in [0.2, 0.25) is 5.02 Å². The van der Waals surface area contributed by atoms with Crippen molar-refractivity contribution in [3.63, 3.8) is 0 Å². The monoisotopic (exact) mass is 429 g/mol. The first-order valence-electron chi connectivity index (χ1n) is 10.8. The molecule has 31 heavy (non-hydrogen) atoms. The van der Waals surface area contributed by atoms with E-state index in [2.05, 4.69) is 45.3 Å². The van der Waals surface area contributed by atoms with E-state index < -0.39 is 0 Å². The van der Waals surface area contributed by atoms with Crippen LogP contribution in [0.4, 0.5) is 5.69 Å². The summed E-state index contributed by atoms with van der Waals surface area (Å²) in [5.74, 6) is -0.237. The van der Waals surface area contributed by atoms with Crippen LogP contribution < -0.4 is 5.32 Å². The molecule has 0 radical (unpaired) electrons. The molecule has 1 saturated carbocycles. The van der Waals surface area contributed by atoms with Crippen molar-refractivity contribution < 1.29 is 4.79 Å². The standard InChI is InChI=1S/C26H24ClN3O/c27-26-21-8-4-5-9-22(21)28-17-23(26)29-25(31)13-11-18-10-12-24-19(16-18)14-15-30(24)20-6-2-1-3-7-20/h4-5,8-17,20H,1-3,6-7H2,(H,29,31). The highest BCUT2D eigenvalue weighted by molar-refractivity contribution is 6.38. The van der Waals surface area contributed by atoms with Gasteiger partial charge in [0.15, 0.2) is 0 Å². The number of benzene rings is 2. The molecule has 5 heteroatoms. The van der Waals surface area contributed by atoms with Crippen LogP contribution >= 0.6 is 11.6 Å². The Morgan fingerprint density at radius 2 is 1.94 bits per heavy atom. The minimum Gasteiger partial charge on any atom is -0.344 e. The molecule has 0 bridgehead atoms. The van der Waals surface area contributed by atoms with Crippen molar-refractivity contribution >= 4 is 51.1 Å². The van der Waals surface area contributed by atoms with Gasteiger partial charge in [0.05, 0.1) is 22.4 Å². The van der Waals surface area contributed by atoms with E-state index in [9.17, 15) is 4.79 Å². The predicted octanol–water partition coefficient (Wildman–Crippen LogP) is 7.00. The third-order valence-corrected chi connectivity index (χ3v) is 6.51. The average Bonchev–Trinajstić information content (AvgIpc) is 3.24. The number of nitrogens with one attached hydrogen (secondary N) is 1. The van der Waals surface area contributed by atoms with E-state index in [1.807, 2.05) is 30.3 Å². The Hall–Kier alpha value is -3.11. The Labute approximate surface area is 186 Å². The summed E-state index contributed by atoms with van der Waals surface area (Å²) < 4.78 is 2.42. The van der Waals surface area contributed by atoms with Crippen LogP contribution in [0, 0.1) is 0 Å². The molecule has 1 aliphatic rings. The number of carbonyl (C=O) groups is 1. The second kappa shape index (κ2) is 8.56. The van der Waals surface area contributed by atoms with E-state index in [1.165, 1.54) is 49.1 Å². The summed E-state index contributed by atoms with van der Waals surface area (Å²) in [4.78, 5) is 16.8. The minimum atomic E-state index is -0.237. The lowest BCUT2D eigenvalue weighted by Crippen LogP contribution is -2.11. The van der Waals surface area contributed by atoms with Gasteiger partial charge in [0, 0.05) is 34.6 Å². The minimum absolute atomic E-state index is 0.237. The van der Waals surface area contributed by atoms with Crippen molar-refractivity contribution in [2.45, 2.75) is 38.1 Å². The molecule has 1 amide bonds. The van der Waals surface area contributed by atoms with Gasteiger partial charge in [-0.1, -0.05) is 55.1 Å². The number of nitrogens with zero attached hydrogens (tertiary/aromatic N) is 2. The van der Waals surface area contributed by atoms with Crippen molar-refractivity contribution in [1.29, 1.82) is 0 Å². The Kier molecular flexibility index (Phi) is 5.47. The molecule has 4 nitrogen and oxygen atoms in total. The van der Waals surface area contributed by atoms with E-state index in [0.717, 1.165) is 16.5 Å². The van der Waals surface area contributed by atoms with Gasteiger partial charge in [-0.05, 0) is 48.7 Å². The van der Waals surface area contributed by atoms with Gasteiger partial charge in [0.1, 0.15) is 0 Å². The van der Waals surface area contributed by atoms with Gasteiger partial charge in [-0.15, -0.1) is 0 Å². The smallest absolute Gasteiger partial charge is 0.248 e. The second-order valence-corrected chi connectivity index (χ2v) is 8.54. The van der Waals surface area contributed by atoms with Crippen molar-refractivity contribution in [2.24, 2.45) is 0 Å². The zero-order valence-electron chi connectivity index (χ0n) is 17.2. The summed E-state index contributed by atoms with van der Waals surface area (Å²) in [7, 11) is 0. The van der Waals surface area contributed by atoms with Crippen LogP contribution in [-0.2, 0) is 4.79 Å². The number of halogens is 1. The predicted molar refractivity (Wildman–Crippen MR) is 128 cm³/mol. The van der Waals surface area contributed by atoms with Gasteiger partial charge in [-0.25, -0.2) is 0 Å². The molecular weight excluding hydrogens is 406 g/mol. The Morgan fingerprint density at radius 3 is 2.81 bits per heavy atom. The lowest BCUT2D eigenvalue weighted by atomic mass is 9.95. The first kappa shape index (κ1) is 19.8. The van der Waals surface area contributed by atoms with E-state index >= 15 is 0 Å². The third kappa shape index (κ3) is 4.08. The van der Waals surface area contributed by atoms with E-state index in [1.54, 1.807) is 6.20 Å². The van der Waals surface area contributed by atoms with E-state index in [4.69, 9.17) is 11.6 Å². The molecule has 1 fully saturated rings. The lowest BCUT2D eigenvalue weighted by Gasteiger charge is -2.24. The maximum Gasteiger partial charge on any atom is 0.248 e. The fourth-order valence-electron chi connectivity index (χ4n) is 4.50. The Balaban J connectivity index is 1.32. The van der Waals surface area contributed by atoms with E-state index in [-0.39, 0.29) is 5.91 Å². The molecule has 156 valence electrons. The number of hydrogen-bond donors (Lipinski definition) is 1. The molecule has 5 rings (SSSR count). The number of rotatable bonds is 4. The fourth-order valence-corrected chi connectivity index (χ4v) is 4.76. The average molecular weight is 430 g/mol. The molecular formula is C26H24ClN3O. The summed E-state index contributed by atoms with van der Waals surface area (Å²) in [5, 5.41) is 5.35. The molecule has 2 aromatic carbocycles. The van der Waals surface area contributed by atoms with Crippen LogP contribution in [0.5, 0.6) is 0 Å². The van der Waals surface area contributed by atoms with Crippen molar-refractivity contribution in [3.8, 4) is 0 Å². The number of fused-ring (bicyclic) bond motifs is 2. The maximum absolute atomic E-state index is 12.5. The molecule has 1 N–H and O–H groups in total. The molecule has 2 aromatic heterocycles. The summed E-state index contributed by atoms with van der Waals surface area (Å²) >= 11 is 6.45. The number of aromatic nitrogens is 2. The first-order valence-corrected chi connectivity index (χ1v) is 11.2. The summed E-state index contributed by atoms with van der Waals surface area (Å²) in [6.45, 7) is 0. The van der Waals surface area contributed by atoms with Crippen molar-refractivity contribution in [3.05, 3.63) is 77.6 Å². The maximum atomic E-state index is 12.5. The lowest BCUT2D eigenvalue weighted by molar-refractivity contribution is -0.111. The quantitative estimate of drug-likeness (QED) is 0.355.